The molecule has 1 saturated heterocycles. The SMILES string of the molecule is COc1nccc(-c2ccc(CN3CCCC3)s2)n1. The van der Waals surface area contributed by atoms with Crippen LogP contribution in [0.25, 0.3) is 10.6 Å². The number of nitrogens with zero attached hydrogens (tertiary/aromatic N) is 3. The molecule has 100 valence electrons. The maximum absolute atomic E-state index is 5.06. The van der Waals surface area contributed by atoms with Gasteiger partial charge in [0, 0.05) is 17.6 Å². The Morgan fingerprint density at radius 3 is 2.89 bits per heavy atom. The van der Waals surface area contributed by atoms with E-state index in [2.05, 4.69) is 27.0 Å². The van der Waals surface area contributed by atoms with Crippen LogP contribution in [0.4, 0.5) is 0 Å². The summed E-state index contributed by atoms with van der Waals surface area (Å²) in [5.41, 5.74) is 0.935. The number of rotatable bonds is 4. The Morgan fingerprint density at radius 1 is 1.26 bits per heavy atom. The molecule has 1 fully saturated rings. The van der Waals surface area contributed by atoms with E-state index in [1.54, 1.807) is 24.6 Å². The minimum atomic E-state index is 0.423. The molecule has 0 atom stereocenters. The Balaban J connectivity index is 1.76. The molecule has 1 aliphatic heterocycles. The van der Waals surface area contributed by atoms with Gasteiger partial charge in [-0.3, -0.25) is 4.90 Å². The van der Waals surface area contributed by atoms with E-state index in [1.165, 1.54) is 35.7 Å². The summed E-state index contributed by atoms with van der Waals surface area (Å²) in [5.74, 6) is 0. The highest BCUT2D eigenvalue weighted by Gasteiger charge is 2.13. The van der Waals surface area contributed by atoms with Crippen LogP contribution >= 0.6 is 11.3 Å². The Labute approximate surface area is 117 Å². The van der Waals surface area contributed by atoms with Crippen LogP contribution in [0.5, 0.6) is 6.01 Å². The summed E-state index contributed by atoms with van der Waals surface area (Å²) in [6.07, 6.45) is 4.41. The number of thiophene rings is 1. The Morgan fingerprint density at radius 2 is 2.11 bits per heavy atom. The lowest BCUT2D eigenvalue weighted by atomic mass is 10.3. The zero-order valence-corrected chi connectivity index (χ0v) is 11.8. The molecule has 1 aliphatic rings. The highest BCUT2D eigenvalue weighted by atomic mass is 32.1. The molecule has 4 nitrogen and oxygen atoms in total. The third-order valence-corrected chi connectivity index (χ3v) is 4.40. The first kappa shape index (κ1) is 12.6. The normalized spacial score (nSPS) is 15.8. The predicted octanol–water partition coefficient (Wildman–Crippen LogP) is 2.81. The molecule has 0 spiro atoms. The number of methoxy groups -OCH3 is 1. The molecule has 0 unspecified atom stereocenters. The minimum absolute atomic E-state index is 0.423. The first-order chi connectivity index (χ1) is 9.35. The lowest BCUT2D eigenvalue weighted by Gasteiger charge is -2.12. The van der Waals surface area contributed by atoms with Gasteiger partial charge in [-0.15, -0.1) is 11.3 Å². The van der Waals surface area contributed by atoms with Crippen LogP contribution in [0.1, 0.15) is 17.7 Å². The first-order valence-electron chi connectivity index (χ1n) is 6.53. The van der Waals surface area contributed by atoms with Gasteiger partial charge in [-0.1, -0.05) is 0 Å². The smallest absolute Gasteiger partial charge is 0.316 e. The molecule has 5 heteroatoms. The van der Waals surface area contributed by atoms with E-state index in [-0.39, 0.29) is 0 Å². The van der Waals surface area contributed by atoms with Gasteiger partial charge < -0.3 is 4.74 Å². The first-order valence-corrected chi connectivity index (χ1v) is 7.35. The molecule has 2 aromatic rings. The van der Waals surface area contributed by atoms with Crippen molar-refractivity contribution in [1.82, 2.24) is 14.9 Å². The molecule has 3 heterocycles. The van der Waals surface area contributed by atoms with E-state index >= 15 is 0 Å². The Kier molecular flexibility index (Phi) is 3.75. The van der Waals surface area contributed by atoms with E-state index in [0.29, 0.717) is 6.01 Å². The van der Waals surface area contributed by atoms with Gasteiger partial charge in [-0.2, -0.15) is 4.98 Å². The fraction of sp³-hybridized carbons (Fsp3) is 0.429. The fourth-order valence-corrected chi connectivity index (χ4v) is 3.36. The highest BCUT2D eigenvalue weighted by Crippen LogP contribution is 2.28. The predicted molar refractivity (Wildman–Crippen MR) is 76.4 cm³/mol. The van der Waals surface area contributed by atoms with Gasteiger partial charge >= 0.3 is 6.01 Å². The van der Waals surface area contributed by atoms with Gasteiger partial charge in [0.25, 0.3) is 0 Å². The second-order valence-corrected chi connectivity index (χ2v) is 5.85. The Bertz CT molecular complexity index is 549. The lowest BCUT2D eigenvalue weighted by molar-refractivity contribution is 0.334. The second kappa shape index (κ2) is 5.67. The van der Waals surface area contributed by atoms with Gasteiger partial charge in [-0.25, -0.2) is 4.98 Å². The van der Waals surface area contributed by atoms with Crippen molar-refractivity contribution in [1.29, 1.82) is 0 Å². The summed E-state index contributed by atoms with van der Waals surface area (Å²) in [6.45, 7) is 3.52. The van der Waals surface area contributed by atoms with Crippen molar-refractivity contribution in [3.63, 3.8) is 0 Å². The van der Waals surface area contributed by atoms with E-state index in [1.807, 2.05) is 6.07 Å². The van der Waals surface area contributed by atoms with Crippen LogP contribution in [0.2, 0.25) is 0 Å². The average Bonchev–Trinajstić information content (AvgIpc) is 3.11. The van der Waals surface area contributed by atoms with E-state index in [9.17, 15) is 0 Å². The van der Waals surface area contributed by atoms with Crippen LogP contribution in [0, 0.1) is 0 Å². The molecule has 19 heavy (non-hydrogen) atoms. The van der Waals surface area contributed by atoms with Crippen molar-refractivity contribution < 1.29 is 4.74 Å². The fourth-order valence-electron chi connectivity index (χ4n) is 2.34. The van der Waals surface area contributed by atoms with Crippen molar-refractivity contribution in [2.24, 2.45) is 0 Å². The van der Waals surface area contributed by atoms with Crippen LogP contribution in [0.15, 0.2) is 24.4 Å². The maximum Gasteiger partial charge on any atom is 0.316 e. The molecule has 0 N–H and O–H groups in total. The molecule has 0 aliphatic carbocycles. The summed E-state index contributed by atoms with van der Waals surface area (Å²) in [5, 5.41) is 0. The summed E-state index contributed by atoms with van der Waals surface area (Å²) < 4.78 is 5.06. The Hall–Kier alpha value is -1.46. The molecule has 0 bridgehead atoms. The van der Waals surface area contributed by atoms with Gasteiger partial charge in [0.2, 0.25) is 0 Å². The summed E-state index contributed by atoms with van der Waals surface area (Å²) >= 11 is 1.80. The third kappa shape index (κ3) is 2.93. The van der Waals surface area contributed by atoms with Gasteiger partial charge in [0.15, 0.2) is 0 Å². The minimum Gasteiger partial charge on any atom is -0.467 e. The topological polar surface area (TPSA) is 38.2 Å². The van der Waals surface area contributed by atoms with E-state index < -0.39 is 0 Å². The summed E-state index contributed by atoms with van der Waals surface area (Å²) in [6, 6.07) is 6.69. The zero-order chi connectivity index (χ0) is 13.1. The number of hydrogen-bond donors (Lipinski definition) is 0. The molecular formula is C14H17N3OS. The van der Waals surface area contributed by atoms with Crippen LogP contribution < -0.4 is 4.74 Å². The third-order valence-electron chi connectivity index (χ3n) is 3.31. The molecule has 0 amide bonds. The number of aromatic nitrogens is 2. The highest BCUT2D eigenvalue weighted by molar-refractivity contribution is 7.15. The molecule has 2 aromatic heterocycles. The van der Waals surface area contributed by atoms with Crippen LogP contribution in [0.3, 0.4) is 0 Å². The molecular weight excluding hydrogens is 258 g/mol. The monoisotopic (exact) mass is 275 g/mol. The average molecular weight is 275 g/mol. The standard InChI is InChI=1S/C14H17N3OS/c1-18-14-15-7-6-12(16-14)13-5-4-11(19-13)10-17-8-2-3-9-17/h4-7H,2-3,8-10H2,1H3. The van der Waals surface area contributed by atoms with Crippen molar-refractivity contribution in [2.45, 2.75) is 19.4 Å². The van der Waals surface area contributed by atoms with Crippen LogP contribution in [-0.2, 0) is 6.54 Å². The number of hydrogen-bond acceptors (Lipinski definition) is 5. The van der Waals surface area contributed by atoms with Gasteiger partial charge in [0.1, 0.15) is 0 Å². The van der Waals surface area contributed by atoms with E-state index in [0.717, 1.165) is 12.2 Å². The molecule has 3 rings (SSSR count). The zero-order valence-electron chi connectivity index (χ0n) is 11.0. The summed E-state index contributed by atoms with van der Waals surface area (Å²) in [4.78, 5) is 13.5. The maximum atomic E-state index is 5.06. The lowest BCUT2D eigenvalue weighted by Crippen LogP contribution is -2.17. The van der Waals surface area contributed by atoms with Crippen molar-refractivity contribution >= 4 is 11.3 Å². The largest absolute Gasteiger partial charge is 0.467 e. The molecule has 0 radical (unpaired) electrons. The van der Waals surface area contributed by atoms with Crippen LogP contribution in [-0.4, -0.2) is 35.1 Å². The van der Waals surface area contributed by atoms with Crippen molar-refractivity contribution in [3.05, 3.63) is 29.3 Å². The quantitative estimate of drug-likeness (QED) is 0.860. The van der Waals surface area contributed by atoms with Gasteiger partial charge in [0.05, 0.1) is 17.7 Å². The number of likely N-dealkylation sites (tertiary alicyclic amines) is 1. The molecule has 0 aromatic carbocycles. The van der Waals surface area contributed by atoms with Gasteiger partial charge in [-0.05, 0) is 44.1 Å². The van der Waals surface area contributed by atoms with Crippen molar-refractivity contribution in [2.75, 3.05) is 20.2 Å². The molecule has 0 saturated carbocycles. The second-order valence-electron chi connectivity index (χ2n) is 4.68. The van der Waals surface area contributed by atoms with Crippen molar-refractivity contribution in [3.8, 4) is 16.6 Å². The number of ether oxygens (including phenoxy) is 1. The summed E-state index contributed by atoms with van der Waals surface area (Å²) in [7, 11) is 1.59. The van der Waals surface area contributed by atoms with E-state index in [4.69, 9.17) is 4.74 Å².